The number of hydrogen-bond donors (Lipinski definition) is 0. The maximum absolute atomic E-state index is 15.6. The van der Waals surface area contributed by atoms with Crippen LogP contribution < -0.4 is 0 Å². The molecule has 0 bridgehead atoms. The van der Waals surface area contributed by atoms with Crippen LogP contribution in [0, 0.1) is 6.92 Å². The van der Waals surface area contributed by atoms with Gasteiger partial charge in [-0.1, -0.05) is 42.5 Å². The van der Waals surface area contributed by atoms with Gasteiger partial charge in [-0.2, -0.15) is 0 Å². The smallest absolute Gasteiger partial charge is 0.251 e. The highest BCUT2D eigenvalue weighted by atomic mass is 19.1. The number of benzene rings is 2. The summed E-state index contributed by atoms with van der Waals surface area (Å²) in [6.45, 7) is 3.69. The Labute approximate surface area is 188 Å². The SMILES string of the molecule is Cc1c(-c2ccc(CC3(F)CCN(C(=O)C4CCCO4)CC3)cc2)ccc2cccnc12. The van der Waals surface area contributed by atoms with E-state index in [2.05, 4.69) is 42.2 Å². The number of carbonyl (C=O) groups excluding carboxylic acids is 1. The number of aryl methyl sites for hydroxylation is 1. The third kappa shape index (κ3) is 4.14. The van der Waals surface area contributed by atoms with Crippen LogP contribution in [0.1, 0.15) is 36.8 Å². The molecule has 2 aromatic carbocycles. The van der Waals surface area contributed by atoms with Gasteiger partial charge >= 0.3 is 0 Å². The average molecular weight is 433 g/mol. The van der Waals surface area contributed by atoms with E-state index >= 15 is 4.39 Å². The van der Waals surface area contributed by atoms with Crippen LogP contribution in [0.15, 0.2) is 54.7 Å². The molecule has 1 aromatic heterocycles. The fourth-order valence-electron chi connectivity index (χ4n) is 5.05. The number of piperidine rings is 1. The minimum atomic E-state index is -1.27. The van der Waals surface area contributed by atoms with Gasteiger partial charge in [-0.25, -0.2) is 4.39 Å². The molecule has 32 heavy (non-hydrogen) atoms. The minimum absolute atomic E-state index is 0.0362. The topological polar surface area (TPSA) is 42.4 Å². The van der Waals surface area contributed by atoms with E-state index in [9.17, 15) is 4.79 Å². The molecule has 5 rings (SSSR count). The molecule has 5 heteroatoms. The highest BCUT2D eigenvalue weighted by Crippen LogP contribution is 2.33. The highest BCUT2D eigenvalue weighted by molar-refractivity contribution is 5.88. The van der Waals surface area contributed by atoms with Crippen molar-refractivity contribution < 1.29 is 13.9 Å². The fourth-order valence-corrected chi connectivity index (χ4v) is 5.05. The van der Waals surface area contributed by atoms with Crippen molar-refractivity contribution in [2.45, 2.75) is 50.8 Å². The molecule has 0 aliphatic carbocycles. The number of likely N-dealkylation sites (tertiary alicyclic amines) is 1. The van der Waals surface area contributed by atoms with Gasteiger partial charge in [0.25, 0.3) is 5.91 Å². The largest absolute Gasteiger partial charge is 0.368 e. The van der Waals surface area contributed by atoms with Crippen LogP contribution in [0.25, 0.3) is 22.0 Å². The number of rotatable bonds is 4. The summed E-state index contributed by atoms with van der Waals surface area (Å²) in [5, 5.41) is 1.13. The highest BCUT2D eigenvalue weighted by Gasteiger charge is 2.38. The molecule has 4 nitrogen and oxygen atoms in total. The van der Waals surface area contributed by atoms with E-state index < -0.39 is 5.67 Å². The van der Waals surface area contributed by atoms with Crippen LogP contribution in [0.4, 0.5) is 4.39 Å². The van der Waals surface area contributed by atoms with Gasteiger partial charge in [-0.15, -0.1) is 0 Å². The number of alkyl halides is 1. The summed E-state index contributed by atoms with van der Waals surface area (Å²) in [6.07, 6.45) is 4.36. The first-order chi connectivity index (χ1) is 15.5. The maximum Gasteiger partial charge on any atom is 0.251 e. The average Bonchev–Trinajstić information content (AvgIpc) is 3.35. The lowest BCUT2D eigenvalue weighted by Crippen LogP contribution is -2.48. The normalized spacial score (nSPS) is 20.6. The van der Waals surface area contributed by atoms with Crippen LogP contribution in [0.3, 0.4) is 0 Å². The molecule has 2 saturated heterocycles. The molecule has 166 valence electrons. The lowest BCUT2D eigenvalue weighted by atomic mass is 9.86. The minimum Gasteiger partial charge on any atom is -0.368 e. The van der Waals surface area contributed by atoms with Crippen LogP contribution in [0.2, 0.25) is 0 Å². The molecule has 2 fully saturated rings. The molecular formula is C27H29FN2O2. The third-order valence-electron chi connectivity index (χ3n) is 6.99. The Morgan fingerprint density at radius 1 is 1.16 bits per heavy atom. The summed E-state index contributed by atoms with van der Waals surface area (Å²) < 4.78 is 21.1. The van der Waals surface area contributed by atoms with Crippen molar-refractivity contribution in [1.29, 1.82) is 0 Å². The third-order valence-corrected chi connectivity index (χ3v) is 6.99. The second-order valence-electron chi connectivity index (χ2n) is 9.16. The summed E-state index contributed by atoms with van der Waals surface area (Å²) in [5.74, 6) is 0.0362. The van der Waals surface area contributed by atoms with Gasteiger partial charge in [0.15, 0.2) is 0 Å². The Balaban J connectivity index is 1.25. The summed E-state index contributed by atoms with van der Waals surface area (Å²) in [7, 11) is 0. The molecule has 3 aromatic rings. The molecule has 0 N–H and O–H groups in total. The van der Waals surface area contributed by atoms with Crippen molar-refractivity contribution in [3.05, 3.63) is 65.9 Å². The quantitative estimate of drug-likeness (QED) is 0.565. The van der Waals surface area contributed by atoms with Crippen molar-refractivity contribution in [3.63, 3.8) is 0 Å². The van der Waals surface area contributed by atoms with E-state index in [0.29, 0.717) is 39.0 Å². The number of pyridine rings is 1. The summed E-state index contributed by atoms with van der Waals surface area (Å²) >= 11 is 0. The molecule has 0 saturated carbocycles. The Bertz CT molecular complexity index is 1110. The second kappa shape index (κ2) is 8.62. The lowest BCUT2D eigenvalue weighted by molar-refractivity contribution is -0.143. The molecule has 1 atom stereocenters. The van der Waals surface area contributed by atoms with Crippen molar-refractivity contribution in [1.82, 2.24) is 9.88 Å². The number of fused-ring (bicyclic) bond motifs is 1. The van der Waals surface area contributed by atoms with Crippen LogP contribution >= 0.6 is 0 Å². The summed E-state index contributed by atoms with van der Waals surface area (Å²) in [4.78, 5) is 18.8. The van der Waals surface area contributed by atoms with Crippen LogP contribution in [0.5, 0.6) is 0 Å². The second-order valence-corrected chi connectivity index (χ2v) is 9.16. The molecule has 0 radical (unpaired) electrons. The number of nitrogens with zero attached hydrogens (tertiary/aromatic N) is 2. The van der Waals surface area contributed by atoms with Gasteiger partial charge < -0.3 is 9.64 Å². The van der Waals surface area contributed by atoms with E-state index in [1.54, 1.807) is 4.90 Å². The predicted molar refractivity (Wildman–Crippen MR) is 124 cm³/mol. The molecule has 2 aliphatic heterocycles. The van der Waals surface area contributed by atoms with Gasteiger partial charge in [0, 0.05) is 37.7 Å². The van der Waals surface area contributed by atoms with Gasteiger partial charge in [-0.05, 0) is 60.9 Å². The summed E-state index contributed by atoms with van der Waals surface area (Å²) in [5.41, 5.74) is 4.16. The lowest BCUT2D eigenvalue weighted by Gasteiger charge is -2.37. The Morgan fingerprint density at radius 3 is 2.66 bits per heavy atom. The number of ether oxygens (including phenoxy) is 1. The molecule has 2 aliphatic rings. The first-order valence-electron chi connectivity index (χ1n) is 11.6. The van der Waals surface area contributed by atoms with Crippen LogP contribution in [-0.4, -0.2) is 47.3 Å². The van der Waals surface area contributed by atoms with E-state index in [1.807, 2.05) is 24.4 Å². The first kappa shape index (κ1) is 21.1. The number of halogens is 1. The van der Waals surface area contributed by atoms with Crippen molar-refractivity contribution in [3.8, 4) is 11.1 Å². The zero-order valence-electron chi connectivity index (χ0n) is 18.5. The number of amides is 1. The number of carbonyl (C=O) groups is 1. The molecular weight excluding hydrogens is 403 g/mol. The standard InChI is InChI=1S/C27H29FN2O2/c1-19-23(11-10-22-4-2-14-29-25(19)22)21-8-6-20(7-9-21)18-27(28)12-15-30(16-13-27)26(31)24-5-3-17-32-24/h2,4,6-11,14,24H,3,5,12-13,15-18H2,1H3. The Morgan fingerprint density at radius 2 is 1.94 bits per heavy atom. The molecule has 1 amide bonds. The monoisotopic (exact) mass is 432 g/mol. The van der Waals surface area contributed by atoms with E-state index in [4.69, 9.17) is 4.74 Å². The number of hydrogen-bond acceptors (Lipinski definition) is 3. The molecule has 1 unspecified atom stereocenters. The van der Waals surface area contributed by atoms with Crippen LogP contribution in [-0.2, 0) is 16.0 Å². The van der Waals surface area contributed by atoms with E-state index in [-0.39, 0.29) is 12.0 Å². The predicted octanol–water partition coefficient (Wildman–Crippen LogP) is 5.26. The molecule has 0 spiro atoms. The first-order valence-corrected chi connectivity index (χ1v) is 11.6. The zero-order chi connectivity index (χ0) is 22.1. The summed E-state index contributed by atoms with van der Waals surface area (Å²) in [6, 6.07) is 16.5. The van der Waals surface area contributed by atoms with Crippen molar-refractivity contribution in [2.24, 2.45) is 0 Å². The van der Waals surface area contributed by atoms with Gasteiger partial charge in [0.2, 0.25) is 0 Å². The van der Waals surface area contributed by atoms with Crippen molar-refractivity contribution >= 4 is 16.8 Å². The zero-order valence-corrected chi connectivity index (χ0v) is 18.5. The Kier molecular flexibility index (Phi) is 5.68. The van der Waals surface area contributed by atoms with E-state index in [0.717, 1.165) is 46.0 Å². The number of aromatic nitrogens is 1. The van der Waals surface area contributed by atoms with Gasteiger partial charge in [0.1, 0.15) is 11.8 Å². The molecule has 3 heterocycles. The fraction of sp³-hybridized carbons (Fsp3) is 0.407. The maximum atomic E-state index is 15.6. The Hall–Kier alpha value is -2.79. The van der Waals surface area contributed by atoms with Gasteiger partial charge in [-0.3, -0.25) is 9.78 Å². The van der Waals surface area contributed by atoms with E-state index in [1.165, 1.54) is 0 Å². The van der Waals surface area contributed by atoms with Crippen molar-refractivity contribution in [2.75, 3.05) is 19.7 Å². The van der Waals surface area contributed by atoms with Gasteiger partial charge in [0.05, 0.1) is 5.52 Å².